The van der Waals surface area contributed by atoms with E-state index in [1.165, 1.54) is 16.0 Å². The molecule has 2 amide bonds. The normalized spacial score (nSPS) is 15.5. The summed E-state index contributed by atoms with van der Waals surface area (Å²) in [6.07, 6.45) is 0.316. The van der Waals surface area contributed by atoms with Gasteiger partial charge in [-0.3, -0.25) is 20.0 Å². The van der Waals surface area contributed by atoms with Gasteiger partial charge in [0.2, 0.25) is 12.4 Å². The van der Waals surface area contributed by atoms with Crippen molar-refractivity contribution >= 4 is 35.5 Å². The number of nitrogens with one attached hydrogen (secondary N) is 2. The summed E-state index contributed by atoms with van der Waals surface area (Å²) in [5.41, 5.74) is 13.7. The summed E-state index contributed by atoms with van der Waals surface area (Å²) in [6, 6.07) is 4.69. The van der Waals surface area contributed by atoms with Gasteiger partial charge in [0, 0.05) is 29.7 Å². The molecule has 0 fully saturated rings. The van der Waals surface area contributed by atoms with Gasteiger partial charge < -0.3 is 21.7 Å². The number of nitrogen functional groups attached to an aromatic ring is 1. The highest BCUT2D eigenvalue weighted by Crippen LogP contribution is 2.21. The van der Waals surface area contributed by atoms with E-state index in [4.69, 9.17) is 22.7 Å². The maximum absolute atomic E-state index is 12.6. The van der Waals surface area contributed by atoms with Crippen LogP contribution < -0.4 is 22.6 Å². The van der Waals surface area contributed by atoms with E-state index in [1.54, 1.807) is 26.1 Å². The van der Waals surface area contributed by atoms with Crippen LogP contribution in [0.3, 0.4) is 0 Å². The third-order valence-electron chi connectivity index (χ3n) is 3.91. The van der Waals surface area contributed by atoms with E-state index in [0.29, 0.717) is 34.6 Å². The number of allylic oxidation sites excluding steroid dienone is 1. The van der Waals surface area contributed by atoms with Crippen LogP contribution in [0.1, 0.15) is 12.5 Å². The van der Waals surface area contributed by atoms with E-state index in [1.807, 2.05) is 0 Å². The molecule has 1 heterocycles. The van der Waals surface area contributed by atoms with Gasteiger partial charge in [-0.2, -0.15) is 4.99 Å². The zero-order chi connectivity index (χ0) is 18.7. The Morgan fingerprint density at radius 3 is 2.76 bits per heavy atom. The zero-order valence-corrected chi connectivity index (χ0v) is 13.9. The summed E-state index contributed by atoms with van der Waals surface area (Å²) in [7, 11) is 1.65. The number of aliphatic imine (C=N–C) groups is 1. The summed E-state index contributed by atoms with van der Waals surface area (Å²) < 4.78 is 0. The lowest BCUT2D eigenvalue weighted by molar-refractivity contribution is -0.113. The van der Waals surface area contributed by atoms with Crippen LogP contribution in [0.4, 0.5) is 11.4 Å². The number of benzene rings is 1. The summed E-state index contributed by atoms with van der Waals surface area (Å²) >= 11 is 0. The maximum atomic E-state index is 12.6. The van der Waals surface area contributed by atoms with Crippen LogP contribution in [0.5, 0.6) is 0 Å². The third-order valence-corrected chi connectivity index (χ3v) is 3.91. The standard InChI is InChI=1S/C15H20N8O2/c1-8-11(6-23(19)15(18)22(8)2)14(25)21-9-3-4-12(16)10(5-9)13(17)20-7-24/h3-5,7,18H,6,16,19H2,1-2H3,(H,21,25)(H2,17,20,24). The molecule has 2 rings (SSSR count). The fourth-order valence-corrected chi connectivity index (χ4v) is 2.34. The molecular formula is C15H20N8O2. The van der Waals surface area contributed by atoms with Crippen LogP contribution in [-0.4, -0.2) is 47.6 Å². The zero-order valence-electron chi connectivity index (χ0n) is 13.9. The van der Waals surface area contributed by atoms with Crippen LogP contribution in [0, 0.1) is 5.41 Å². The average Bonchev–Trinajstić information content (AvgIpc) is 2.58. The number of hydrogen-bond donors (Lipinski definition) is 5. The Morgan fingerprint density at radius 1 is 1.44 bits per heavy atom. The Balaban J connectivity index is 2.30. The number of amides is 2. The maximum Gasteiger partial charge on any atom is 0.255 e. The van der Waals surface area contributed by atoms with Crippen LogP contribution in [0.25, 0.3) is 0 Å². The van der Waals surface area contributed by atoms with E-state index in [9.17, 15) is 9.59 Å². The first-order valence-corrected chi connectivity index (χ1v) is 7.28. The molecule has 0 radical (unpaired) electrons. The number of anilines is 2. The number of nitrogens with zero attached hydrogens (tertiary/aromatic N) is 3. The van der Waals surface area contributed by atoms with Crippen molar-refractivity contribution in [2.24, 2.45) is 16.6 Å². The molecule has 1 aliphatic rings. The monoisotopic (exact) mass is 344 g/mol. The second-order valence-corrected chi connectivity index (χ2v) is 5.45. The fourth-order valence-electron chi connectivity index (χ4n) is 2.34. The Bertz CT molecular complexity index is 799. The Morgan fingerprint density at radius 2 is 2.12 bits per heavy atom. The molecular weight excluding hydrogens is 324 g/mol. The van der Waals surface area contributed by atoms with Crippen molar-refractivity contribution < 1.29 is 9.59 Å². The minimum Gasteiger partial charge on any atom is -0.398 e. The molecule has 0 saturated carbocycles. The second-order valence-electron chi connectivity index (χ2n) is 5.45. The summed E-state index contributed by atoms with van der Waals surface area (Å²) in [5.74, 6) is 5.43. The van der Waals surface area contributed by atoms with Crippen molar-refractivity contribution in [1.29, 1.82) is 5.41 Å². The number of nitrogens with two attached hydrogens (primary N) is 3. The van der Waals surface area contributed by atoms with Gasteiger partial charge in [0.25, 0.3) is 5.91 Å². The molecule has 10 nitrogen and oxygen atoms in total. The first-order valence-electron chi connectivity index (χ1n) is 7.28. The van der Waals surface area contributed by atoms with Crippen LogP contribution >= 0.6 is 0 Å². The van der Waals surface area contributed by atoms with Gasteiger partial charge in [0.1, 0.15) is 5.84 Å². The highest BCUT2D eigenvalue weighted by atomic mass is 16.1. The Hall–Kier alpha value is -3.40. The number of carbonyl (C=O) groups is 2. The van der Waals surface area contributed by atoms with E-state index in [-0.39, 0.29) is 24.2 Å². The number of amidine groups is 1. The number of guanidine groups is 1. The highest BCUT2D eigenvalue weighted by Gasteiger charge is 2.27. The molecule has 0 bridgehead atoms. The molecule has 0 saturated heterocycles. The van der Waals surface area contributed by atoms with Crippen LogP contribution in [0.15, 0.2) is 34.5 Å². The predicted octanol–water partition coefficient (Wildman–Crippen LogP) is -0.601. The molecule has 1 aliphatic heterocycles. The number of rotatable bonds is 4. The van der Waals surface area contributed by atoms with E-state index in [2.05, 4.69) is 10.3 Å². The van der Waals surface area contributed by atoms with Gasteiger partial charge >= 0.3 is 0 Å². The van der Waals surface area contributed by atoms with Crippen LogP contribution in [-0.2, 0) is 9.59 Å². The van der Waals surface area contributed by atoms with Crippen molar-refractivity contribution in [1.82, 2.24) is 9.91 Å². The van der Waals surface area contributed by atoms with Crippen molar-refractivity contribution in [3.63, 3.8) is 0 Å². The van der Waals surface area contributed by atoms with Crippen molar-refractivity contribution in [2.75, 3.05) is 24.6 Å². The van der Waals surface area contributed by atoms with Gasteiger partial charge in [-0.15, -0.1) is 0 Å². The van der Waals surface area contributed by atoms with Gasteiger partial charge in [-0.05, 0) is 25.1 Å². The molecule has 10 heteroatoms. The highest BCUT2D eigenvalue weighted by molar-refractivity contribution is 6.08. The largest absolute Gasteiger partial charge is 0.398 e. The lowest BCUT2D eigenvalue weighted by Gasteiger charge is -2.34. The van der Waals surface area contributed by atoms with Gasteiger partial charge in [0.15, 0.2) is 0 Å². The molecule has 132 valence electrons. The van der Waals surface area contributed by atoms with Gasteiger partial charge in [-0.25, -0.2) is 5.84 Å². The molecule has 25 heavy (non-hydrogen) atoms. The number of hydrogen-bond acceptors (Lipinski definition) is 5. The van der Waals surface area contributed by atoms with Crippen molar-refractivity contribution in [3.8, 4) is 0 Å². The van der Waals surface area contributed by atoms with Crippen molar-refractivity contribution in [2.45, 2.75) is 6.92 Å². The van der Waals surface area contributed by atoms with E-state index in [0.717, 1.165) is 0 Å². The Labute approximate surface area is 144 Å². The summed E-state index contributed by atoms with van der Waals surface area (Å²) in [4.78, 5) is 28.0. The summed E-state index contributed by atoms with van der Waals surface area (Å²) in [6.45, 7) is 1.84. The SMILES string of the molecule is CC1=C(C(=O)Nc2ccc(N)c(C(N)=NC=O)c2)CN(N)C(=N)N1C. The second kappa shape index (κ2) is 7.01. The molecule has 1 aromatic carbocycles. The van der Waals surface area contributed by atoms with Gasteiger partial charge in [0.05, 0.1) is 12.1 Å². The smallest absolute Gasteiger partial charge is 0.255 e. The van der Waals surface area contributed by atoms with Crippen LogP contribution in [0.2, 0.25) is 0 Å². The predicted molar refractivity (Wildman–Crippen MR) is 95.4 cm³/mol. The topological polar surface area (TPSA) is 167 Å². The summed E-state index contributed by atoms with van der Waals surface area (Å²) in [5, 5.41) is 11.7. The molecule has 8 N–H and O–H groups in total. The first-order chi connectivity index (χ1) is 11.8. The Kier molecular flexibility index (Phi) is 5.03. The lowest BCUT2D eigenvalue weighted by atomic mass is 10.1. The van der Waals surface area contributed by atoms with Gasteiger partial charge in [-0.1, -0.05) is 0 Å². The minimum absolute atomic E-state index is 0.0435. The first kappa shape index (κ1) is 17.9. The third kappa shape index (κ3) is 3.58. The molecule has 0 aliphatic carbocycles. The van der Waals surface area contributed by atoms with E-state index >= 15 is 0 Å². The number of carbonyl (C=O) groups excluding carboxylic acids is 2. The fraction of sp³-hybridized carbons (Fsp3) is 0.200. The molecule has 0 aromatic heterocycles. The molecule has 0 spiro atoms. The lowest BCUT2D eigenvalue weighted by Crippen LogP contribution is -2.51. The average molecular weight is 344 g/mol. The van der Waals surface area contributed by atoms with Crippen molar-refractivity contribution in [3.05, 3.63) is 35.0 Å². The molecule has 1 aromatic rings. The quantitative estimate of drug-likeness (QED) is 0.160. The van der Waals surface area contributed by atoms with E-state index < -0.39 is 0 Å². The number of hydrazine groups is 1. The molecule has 0 atom stereocenters. The molecule has 0 unspecified atom stereocenters. The minimum atomic E-state index is -0.367.